The van der Waals surface area contributed by atoms with Crippen LogP contribution in [0, 0.1) is 11.3 Å². The average Bonchev–Trinajstić information content (AvgIpc) is 2.15. The van der Waals surface area contributed by atoms with Crippen LogP contribution >= 0.6 is 0 Å². The van der Waals surface area contributed by atoms with E-state index in [0.717, 1.165) is 25.8 Å². The van der Waals surface area contributed by atoms with Gasteiger partial charge >= 0.3 is 6.03 Å². The molecule has 0 aliphatic heterocycles. The molecule has 0 spiro atoms. The zero-order chi connectivity index (χ0) is 12.9. The summed E-state index contributed by atoms with van der Waals surface area (Å²) in [5.41, 5.74) is 0.219. The highest BCUT2D eigenvalue weighted by atomic mass is 16.3. The van der Waals surface area contributed by atoms with Crippen LogP contribution in [0.15, 0.2) is 0 Å². The Morgan fingerprint density at radius 3 is 2.41 bits per heavy atom. The normalized spacial score (nSPS) is 19.6. The summed E-state index contributed by atoms with van der Waals surface area (Å²) in [6.45, 7) is 7.05. The van der Waals surface area contributed by atoms with Crippen molar-refractivity contribution in [1.82, 2.24) is 10.6 Å². The molecule has 1 unspecified atom stereocenters. The molecule has 1 atom stereocenters. The van der Waals surface area contributed by atoms with Crippen molar-refractivity contribution in [1.29, 1.82) is 0 Å². The van der Waals surface area contributed by atoms with Gasteiger partial charge in [0.25, 0.3) is 0 Å². The first kappa shape index (κ1) is 14.3. The SMILES string of the molecule is CC(C)NC(=O)NCC1(C(C)CCO)CCC1. The van der Waals surface area contributed by atoms with Crippen molar-refractivity contribution in [2.75, 3.05) is 13.2 Å². The number of rotatable bonds is 6. The van der Waals surface area contributed by atoms with E-state index < -0.39 is 0 Å². The molecule has 100 valence electrons. The van der Waals surface area contributed by atoms with Crippen LogP contribution in [0.3, 0.4) is 0 Å². The van der Waals surface area contributed by atoms with Crippen LogP contribution in [0.5, 0.6) is 0 Å². The van der Waals surface area contributed by atoms with Gasteiger partial charge in [-0.15, -0.1) is 0 Å². The number of hydrogen-bond acceptors (Lipinski definition) is 2. The zero-order valence-electron chi connectivity index (χ0n) is 11.3. The summed E-state index contributed by atoms with van der Waals surface area (Å²) in [6, 6.07) is 0.0877. The van der Waals surface area contributed by atoms with Gasteiger partial charge in [0.05, 0.1) is 0 Å². The summed E-state index contributed by atoms with van der Waals surface area (Å²) in [5, 5.41) is 14.8. The molecule has 1 aliphatic carbocycles. The monoisotopic (exact) mass is 242 g/mol. The van der Waals surface area contributed by atoms with E-state index in [9.17, 15) is 4.79 Å². The van der Waals surface area contributed by atoms with Crippen molar-refractivity contribution in [3.63, 3.8) is 0 Å². The Bertz CT molecular complexity index is 250. The van der Waals surface area contributed by atoms with Gasteiger partial charge in [-0.3, -0.25) is 0 Å². The van der Waals surface area contributed by atoms with E-state index in [4.69, 9.17) is 5.11 Å². The van der Waals surface area contributed by atoms with Gasteiger partial charge in [0.1, 0.15) is 0 Å². The number of carbonyl (C=O) groups excluding carboxylic acids is 1. The van der Waals surface area contributed by atoms with Gasteiger partial charge in [-0.25, -0.2) is 4.79 Å². The van der Waals surface area contributed by atoms with Crippen molar-refractivity contribution in [3.8, 4) is 0 Å². The van der Waals surface area contributed by atoms with Gasteiger partial charge < -0.3 is 15.7 Å². The van der Waals surface area contributed by atoms with Crippen LogP contribution in [0.2, 0.25) is 0 Å². The maximum absolute atomic E-state index is 11.5. The smallest absolute Gasteiger partial charge is 0.315 e. The standard InChI is InChI=1S/C13H26N2O2/c1-10(2)15-12(17)14-9-13(6-4-7-13)11(3)5-8-16/h10-11,16H,4-9H2,1-3H3,(H2,14,15,17). The minimum atomic E-state index is -0.0810. The second kappa shape index (κ2) is 6.24. The highest BCUT2D eigenvalue weighted by molar-refractivity contribution is 5.74. The zero-order valence-corrected chi connectivity index (χ0v) is 11.3. The molecule has 0 aromatic carbocycles. The van der Waals surface area contributed by atoms with E-state index in [0.29, 0.717) is 5.92 Å². The summed E-state index contributed by atoms with van der Waals surface area (Å²) >= 11 is 0. The Labute approximate surface area is 104 Å². The topological polar surface area (TPSA) is 61.4 Å². The molecule has 0 radical (unpaired) electrons. The second-order valence-electron chi connectivity index (χ2n) is 5.61. The fraction of sp³-hybridized carbons (Fsp3) is 0.923. The predicted molar refractivity (Wildman–Crippen MR) is 68.8 cm³/mol. The van der Waals surface area contributed by atoms with Crippen molar-refractivity contribution in [3.05, 3.63) is 0 Å². The number of amides is 2. The lowest BCUT2D eigenvalue weighted by Gasteiger charge is -2.47. The quantitative estimate of drug-likeness (QED) is 0.666. The highest BCUT2D eigenvalue weighted by Crippen LogP contribution is 2.47. The number of carbonyl (C=O) groups is 1. The van der Waals surface area contributed by atoms with Crippen LogP contribution in [0.4, 0.5) is 4.79 Å². The van der Waals surface area contributed by atoms with E-state index in [1.165, 1.54) is 6.42 Å². The fourth-order valence-corrected chi connectivity index (χ4v) is 2.54. The third-order valence-electron chi connectivity index (χ3n) is 3.98. The molecule has 17 heavy (non-hydrogen) atoms. The second-order valence-corrected chi connectivity index (χ2v) is 5.61. The summed E-state index contributed by atoms with van der Waals surface area (Å²) in [6.07, 6.45) is 4.39. The summed E-state index contributed by atoms with van der Waals surface area (Å²) in [5.74, 6) is 0.473. The Morgan fingerprint density at radius 1 is 1.35 bits per heavy atom. The lowest BCUT2D eigenvalue weighted by Crippen LogP contribution is -2.49. The van der Waals surface area contributed by atoms with Gasteiger partial charge in [0.2, 0.25) is 0 Å². The van der Waals surface area contributed by atoms with E-state index in [1.807, 2.05) is 13.8 Å². The van der Waals surface area contributed by atoms with Gasteiger partial charge in [0.15, 0.2) is 0 Å². The molecule has 2 amide bonds. The van der Waals surface area contributed by atoms with E-state index in [1.54, 1.807) is 0 Å². The average molecular weight is 242 g/mol. The van der Waals surface area contributed by atoms with Crippen LogP contribution in [-0.2, 0) is 0 Å². The van der Waals surface area contributed by atoms with E-state index >= 15 is 0 Å². The number of nitrogens with one attached hydrogen (secondary N) is 2. The Balaban J connectivity index is 2.39. The Morgan fingerprint density at radius 2 is 2.00 bits per heavy atom. The van der Waals surface area contributed by atoms with Crippen molar-refractivity contribution < 1.29 is 9.90 Å². The van der Waals surface area contributed by atoms with Crippen molar-refractivity contribution >= 4 is 6.03 Å². The molecule has 0 aromatic rings. The van der Waals surface area contributed by atoms with Crippen LogP contribution < -0.4 is 10.6 Å². The summed E-state index contributed by atoms with van der Waals surface area (Å²) in [4.78, 5) is 11.5. The lowest BCUT2D eigenvalue weighted by molar-refractivity contribution is 0.0456. The van der Waals surface area contributed by atoms with E-state index in [2.05, 4.69) is 17.6 Å². The van der Waals surface area contributed by atoms with Gasteiger partial charge in [-0.1, -0.05) is 13.3 Å². The molecule has 3 N–H and O–H groups in total. The molecular formula is C13H26N2O2. The van der Waals surface area contributed by atoms with Gasteiger partial charge in [0, 0.05) is 19.2 Å². The maximum Gasteiger partial charge on any atom is 0.315 e. The minimum absolute atomic E-state index is 0.0810. The van der Waals surface area contributed by atoms with Gasteiger partial charge in [-0.2, -0.15) is 0 Å². The molecule has 0 heterocycles. The minimum Gasteiger partial charge on any atom is -0.396 e. The summed E-state index contributed by atoms with van der Waals surface area (Å²) < 4.78 is 0. The van der Waals surface area contributed by atoms with Gasteiger partial charge in [-0.05, 0) is 44.4 Å². The number of urea groups is 1. The number of aliphatic hydroxyl groups excluding tert-OH is 1. The molecule has 1 rings (SSSR count). The van der Waals surface area contributed by atoms with Crippen LogP contribution in [0.25, 0.3) is 0 Å². The Hall–Kier alpha value is -0.770. The third-order valence-corrected chi connectivity index (χ3v) is 3.98. The highest BCUT2D eigenvalue weighted by Gasteiger charge is 2.41. The molecule has 0 aromatic heterocycles. The fourth-order valence-electron chi connectivity index (χ4n) is 2.54. The maximum atomic E-state index is 11.5. The molecule has 4 heteroatoms. The molecule has 4 nitrogen and oxygen atoms in total. The first-order valence-corrected chi connectivity index (χ1v) is 6.65. The molecule has 0 bridgehead atoms. The van der Waals surface area contributed by atoms with Crippen molar-refractivity contribution in [2.24, 2.45) is 11.3 Å². The third kappa shape index (κ3) is 3.87. The Kier molecular flexibility index (Phi) is 5.25. The molecule has 1 saturated carbocycles. The molecule has 0 saturated heterocycles. The van der Waals surface area contributed by atoms with Crippen molar-refractivity contribution in [2.45, 2.75) is 52.5 Å². The summed E-state index contributed by atoms with van der Waals surface area (Å²) in [7, 11) is 0. The lowest BCUT2D eigenvalue weighted by atomic mass is 9.60. The number of hydrogen-bond donors (Lipinski definition) is 3. The first-order valence-electron chi connectivity index (χ1n) is 6.65. The molecule has 1 fully saturated rings. The van der Waals surface area contributed by atoms with Crippen LogP contribution in [0.1, 0.15) is 46.5 Å². The predicted octanol–water partition coefficient (Wildman–Crippen LogP) is 1.88. The van der Waals surface area contributed by atoms with E-state index in [-0.39, 0.29) is 24.1 Å². The largest absolute Gasteiger partial charge is 0.396 e. The first-order chi connectivity index (χ1) is 8.00. The molecule has 1 aliphatic rings. The number of aliphatic hydroxyl groups is 1. The molecular weight excluding hydrogens is 216 g/mol. The van der Waals surface area contributed by atoms with Crippen LogP contribution in [-0.4, -0.2) is 30.3 Å².